The predicted molar refractivity (Wildman–Crippen MR) is 118 cm³/mol. The van der Waals surface area contributed by atoms with E-state index in [1.54, 1.807) is 0 Å². The van der Waals surface area contributed by atoms with Crippen LogP contribution in [0.15, 0.2) is 0 Å². The molecule has 0 unspecified atom stereocenters. The summed E-state index contributed by atoms with van der Waals surface area (Å²) in [6.07, 6.45) is 28.5. The van der Waals surface area contributed by atoms with Gasteiger partial charge in [-0.05, 0) is 38.5 Å². The Kier molecular flexibility index (Phi) is 11.8. The fraction of sp³-hybridized carbons (Fsp3) is 1.00. The van der Waals surface area contributed by atoms with Crippen molar-refractivity contribution >= 4 is 8.60 Å². The van der Waals surface area contributed by atoms with Gasteiger partial charge in [0.25, 0.3) is 0 Å². The molecule has 3 fully saturated rings. The van der Waals surface area contributed by atoms with Crippen LogP contribution in [0.1, 0.15) is 135 Å². The highest BCUT2D eigenvalue weighted by Gasteiger charge is 2.28. The fourth-order valence-corrected chi connectivity index (χ4v) is 6.52. The molecule has 0 spiro atoms. The molecule has 0 aromatic heterocycles. The van der Waals surface area contributed by atoms with Gasteiger partial charge in [-0.3, -0.25) is 0 Å². The summed E-state index contributed by atoms with van der Waals surface area (Å²) in [4.78, 5) is 0. The van der Waals surface area contributed by atoms with E-state index in [1.165, 1.54) is 135 Å². The number of hydrogen-bond acceptors (Lipinski definition) is 3. The van der Waals surface area contributed by atoms with Crippen molar-refractivity contribution in [3.8, 4) is 0 Å². The van der Waals surface area contributed by atoms with Crippen LogP contribution in [0, 0.1) is 0 Å². The SMILES string of the molecule is C1CCCC(OP(OC2CCCCCCC2)OC2CCCCCCC2)CCC1. The minimum absolute atomic E-state index is 0.355. The Hall–Kier alpha value is 0.310. The van der Waals surface area contributed by atoms with E-state index in [9.17, 15) is 0 Å². The molecule has 0 saturated heterocycles. The summed E-state index contributed by atoms with van der Waals surface area (Å²) in [5, 5.41) is 0. The minimum Gasteiger partial charge on any atom is -0.309 e. The van der Waals surface area contributed by atoms with Crippen LogP contribution in [-0.2, 0) is 13.6 Å². The van der Waals surface area contributed by atoms with Gasteiger partial charge in [0, 0.05) is 0 Å². The molecule has 3 aliphatic rings. The summed E-state index contributed by atoms with van der Waals surface area (Å²) >= 11 is 0. The fourth-order valence-electron chi connectivity index (χ4n) is 5.01. The molecular formula is C24H45O3P. The Morgan fingerprint density at radius 2 is 0.536 bits per heavy atom. The molecular weight excluding hydrogens is 367 g/mol. The van der Waals surface area contributed by atoms with Crippen molar-refractivity contribution in [1.29, 1.82) is 0 Å². The predicted octanol–water partition coefficient (Wildman–Crippen LogP) is 8.60. The molecule has 0 aliphatic heterocycles. The molecule has 0 aromatic rings. The molecule has 3 rings (SSSR count). The maximum Gasteiger partial charge on any atom is 0.333 e. The monoisotopic (exact) mass is 412 g/mol. The third-order valence-electron chi connectivity index (χ3n) is 6.86. The van der Waals surface area contributed by atoms with Gasteiger partial charge in [0.05, 0.1) is 18.3 Å². The molecule has 0 radical (unpaired) electrons. The smallest absolute Gasteiger partial charge is 0.309 e. The molecule has 0 N–H and O–H groups in total. The van der Waals surface area contributed by atoms with Crippen molar-refractivity contribution in [1.82, 2.24) is 0 Å². The van der Waals surface area contributed by atoms with Crippen molar-refractivity contribution in [3.05, 3.63) is 0 Å². The average Bonchev–Trinajstić information content (AvgIpc) is 2.61. The van der Waals surface area contributed by atoms with Gasteiger partial charge >= 0.3 is 8.60 Å². The van der Waals surface area contributed by atoms with E-state index in [4.69, 9.17) is 13.6 Å². The van der Waals surface area contributed by atoms with Crippen LogP contribution in [0.3, 0.4) is 0 Å². The van der Waals surface area contributed by atoms with E-state index < -0.39 is 8.60 Å². The summed E-state index contributed by atoms with van der Waals surface area (Å²) in [6.45, 7) is 0. The van der Waals surface area contributed by atoms with Crippen LogP contribution in [0.25, 0.3) is 0 Å². The second-order valence-electron chi connectivity index (χ2n) is 9.44. The van der Waals surface area contributed by atoms with E-state index in [0.29, 0.717) is 18.3 Å². The summed E-state index contributed by atoms with van der Waals surface area (Å²) in [7, 11) is -1.19. The summed E-state index contributed by atoms with van der Waals surface area (Å²) in [5.41, 5.74) is 0. The van der Waals surface area contributed by atoms with Gasteiger partial charge in [-0.15, -0.1) is 0 Å². The Labute approximate surface area is 175 Å². The molecule has 0 bridgehead atoms. The molecule has 164 valence electrons. The first-order chi connectivity index (χ1) is 13.9. The average molecular weight is 413 g/mol. The van der Waals surface area contributed by atoms with Gasteiger partial charge in [0.15, 0.2) is 0 Å². The molecule has 28 heavy (non-hydrogen) atoms. The van der Waals surface area contributed by atoms with Gasteiger partial charge in [-0.1, -0.05) is 96.3 Å². The van der Waals surface area contributed by atoms with Crippen LogP contribution in [0.5, 0.6) is 0 Å². The molecule has 0 heterocycles. The van der Waals surface area contributed by atoms with Crippen molar-refractivity contribution in [2.75, 3.05) is 0 Å². The van der Waals surface area contributed by atoms with Crippen LogP contribution in [-0.4, -0.2) is 18.3 Å². The largest absolute Gasteiger partial charge is 0.333 e. The molecule has 0 atom stereocenters. The van der Waals surface area contributed by atoms with Crippen LogP contribution >= 0.6 is 8.60 Å². The molecule has 4 heteroatoms. The zero-order valence-electron chi connectivity index (χ0n) is 18.3. The number of hydrogen-bond donors (Lipinski definition) is 0. The molecule has 3 nitrogen and oxygen atoms in total. The van der Waals surface area contributed by atoms with Crippen molar-refractivity contribution in [3.63, 3.8) is 0 Å². The lowest BCUT2D eigenvalue weighted by Crippen LogP contribution is -2.20. The van der Waals surface area contributed by atoms with Crippen LogP contribution in [0.4, 0.5) is 0 Å². The highest BCUT2D eigenvalue weighted by Crippen LogP contribution is 2.48. The van der Waals surface area contributed by atoms with Crippen molar-refractivity contribution in [2.24, 2.45) is 0 Å². The zero-order chi connectivity index (χ0) is 19.3. The summed E-state index contributed by atoms with van der Waals surface area (Å²) in [6, 6.07) is 0. The molecule has 3 saturated carbocycles. The minimum atomic E-state index is -1.19. The first kappa shape index (κ1) is 23.0. The molecule has 3 aliphatic carbocycles. The molecule has 0 amide bonds. The first-order valence-electron chi connectivity index (χ1n) is 12.7. The maximum atomic E-state index is 6.60. The third-order valence-corrected chi connectivity index (χ3v) is 8.27. The van der Waals surface area contributed by atoms with Crippen molar-refractivity contribution < 1.29 is 13.6 Å². The summed E-state index contributed by atoms with van der Waals surface area (Å²) in [5.74, 6) is 0. The number of rotatable bonds is 6. The topological polar surface area (TPSA) is 27.7 Å². The molecule has 0 aromatic carbocycles. The third kappa shape index (κ3) is 9.41. The highest BCUT2D eigenvalue weighted by atomic mass is 31.2. The highest BCUT2D eigenvalue weighted by molar-refractivity contribution is 7.41. The Morgan fingerprint density at radius 1 is 0.321 bits per heavy atom. The van der Waals surface area contributed by atoms with E-state index >= 15 is 0 Å². The van der Waals surface area contributed by atoms with Gasteiger partial charge in [-0.25, -0.2) is 0 Å². The van der Waals surface area contributed by atoms with Gasteiger partial charge in [-0.2, -0.15) is 0 Å². The zero-order valence-corrected chi connectivity index (χ0v) is 19.1. The lowest BCUT2D eigenvalue weighted by atomic mass is 9.99. The van der Waals surface area contributed by atoms with E-state index in [2.05, 4.69) is 0 Å². The van der Waals surface area contributed by atoms with Crippen LogP contribution < -0.4 is 0 Å². The second kappa shape index (κ2) is 14.3. The van der Waals surface area contributed by atoms with Gasteiger partial charge < -0.3 is 13.6 Å². The van der Waals surface area contributed by atoms with Crippen LogP contribution in [0.2, 0.25) is 0 Å². The second-order valence-corrected chi connectivity index (χ2v) is 10.5. The van der Waals surface area contributed by atoms with Gasteiger partial charge in [0.2, 0.25) is 0 Å². The maximum absolute atomic E-state index is 6.60. The Balaban J connectivity index is 1.56. The normalized spacial score (nSPS) is 26.0. The Bertz CT molecular complexity index is 311. The van der Waals surface area contributed by atoms with E-state index in [-0.39, 0.29) is 0 Å². The standard InChI is InChI=1S/C24H45O3P/c1-4-10-16-22(17-11-5-1)25-28(26-23-18-12-6-2-7-13-19-23)27-24-20-14-8-3-9-15-21-24/h22-24H,1-21H2. The van der Waals surface area contributed by atoms with E-state index in [0.717, 1.165) is 0 Å². The van der Waals surface area contributed by atoms with Gasteiger partial charge in [0.1, 0.15) is 0 Å². The van der Waals surface area contributed by atoms with E-state index in [1.807, 2.05) is 0 Å². The summed E-state index contributed by atoms with van der Waals surface area (Å²) < 4.78 is 19.8. The lowest BCUT2D eigenvalue weighted by molar-refractivity contribution is 0.0437. The first-order valence-corrected chi connectivity index (χ1v) is 13.8. The lowest BCUT2D eigenvalue weighted by Gasteiger charge is -2.31. The van der Waals surface area contributed by atoms with Crippen molar-refractivity contribution in [2.45, 2.75) is 153 Å². The Morgan fingerprint density at radius 3 is 0.786 bits per heavy atom. The quantitative estimate of drug-likeness (QED) is 0.409.